The number of nitrogens with zero attached hydrogens (tertiary/aromatic N) is 1. The molecule has 4 rings (SSSR count). The van der Waals surface area contributed by atoms with E-state index in [2.05, 4.69) is 31.8 Å². The molecule has 3 aromatic rings. The molecule has 0 saturated heterocycles. The minimum Gasteiger partial charge on any atom is -0.493 e. The van der Waals surface area contributed by atoms with Crippen molar-refractivity contribution in [2.45, 2.75) is 6.61 Å². The summed E-state index contributed by atoms with van der Waals surface area (Å²) in [6.45, 7) is 0.684. The molecule has 170 valence electrons. The number of carbonyl (C=O) groups excluding carboxylic acids is 1. The Morgan fingerprint density at radius 1 is 1.06 bits per heavy atom. The molecule has 0 radical (unpaired) electrons. The maximum absolute atomic E-state index is 12.1. The van der Waals surface area contributed by atoms with Crippen LogP contribution in [0.1, 0.15) is 11.1 Å². The van der Waals surface area contributed by atoms with Crippen LogP contribution < -0.4 is 29.7 Å². The van der Waals surface area contributed by atoms with Crippen molar-refractivity contribution in [2.24, 2.45) is 5.10 Å². The zero-order valence-electron chi connectivity index (χ0n) is 17.8. The standard InChI is InChI=1S/C24H22BrN3O5/c1-30-22-10-17(4-8-20(22)31-14-16-2-5-18(25)6-3-16)12-27-28-24(29)13-26-19-7-9-21-23(11-19)33-15-32-21/h2-12,26H,13-15H2,1H3,(H,28,29)/b27-12+. The summed E-state index contributed by atoms with van der Waals surface area (Å²) in [4.78, 5) is 12.1. The molecule has 3 aromatic carbocycles. The number of halogens is 1. The minimum atomic E-state index is -0.287. The first-order chi connectivity index (χ1) is 16.1. The zero-order chi connectivity index (χ0) is 23.0. The van der Waals surface area contributed by atoms with Crippen molar-refractivity contribution in [1.29, 1.82) is 0 Å². The lowest BCUT2D eigenvalue weighted by molar-refractivity contribution is -0.119. The molecule has 9 heteroatoms. The first-order valence-electron chi connectivity index (χ1n) is 10.1. The van der Waals surface area contributed by atoms with Crippen molar-refractivity contribution in [1.82, 2.24) is 5.43 Å². The number of fused-ring (bicyclic) bond motifs is 1. The summed E-state index contributed by atoms with van der Waals surface area (Å²) in [6, 6.07) is 18.7. The zero-order valence-corrected chi connectivity index (χ0v) is 19.4. The average Bonchev–Trinajstić information content (AvgIpc) is 3.31. The maximum Gasteiger partial charge on any atom is 0.259 e. The van der Waals surface area contributed by atoms with Gasteiger partial charge in [-0.05, 0) is 53.6 Å². The predicted molar refractivity (Wildman–Crippen MR) is 128 cm³/mol. The van der Waals surface area contributed by atoms with E-state index in [9.17, 15) is 4.79 Å². The summed E-state index contributed by atoms with van der Waals surface area (Å²) in [5.74, 6) is 2.25. The minimum absolute atomic E-state index is 0.0587. The monoisotopic (exact) mass is 511 g/mol. The third kappa shape index (κ3) is 6.17. The molecule has 0 aliphatic carbocycles. The van der Waals surface area contributed by atoms with Crippen LogP contribution in [-0.4, -0.2) is 32.6 Å². The normalized spacial score (nSPS) is 11.9. The van der Waals surface area contributed by atoms with Gasteiger partial charge in [0, 0.05) is 16.2 Å². The first kappa shape index (κ1) is 22.5. The fourth-order valence-electron chi connectivity index (χ4n) is 3.03. The van der Waals surface area contributed by atoms with Crippen molar-refractivity contribution in [2.75, 3.05) is 25.8 Å². The first-order valence-corrected chi connectivity index (χ1v) is 10.9. The molecular formula is C24H22BrN3O5. The summed E-state index contributed by atoms with van der Waals surface area (Å²) in [5.41, 5.74) is 5.05. The highest BCUT2D eigenvalue weighted by molar-refractivity contribution is 9.10. The molecule has 0 spiro atoms. The topological polar surface area (TPSA) is 90.4 Å². The largest absolute Gasteiger partial charge is 0.493 e. The van der Waals surface area contributed by atoms with Crippen LogP contribution in [0.5, 0.6) is 23.0 Å². The Morgan fingerprint density at radius 2 is 1.88 bits per heavy atom. The van der Waals surface area contributed by atoms with Gasteiger partial charge in [-0.25, -0.2) is 5.43 Å². The number of ether oxygens (including phenoxy) is 4. The highest BCUT2D eigenvalue weighted by Gasteiger charge is 2.13. The van der Waals surface area contributed by atoms with Crippen LogP contribution >= 0.6 is 15.9 Å². The second kappa shape index (κ2) is 10.7. The Balaban J connectivity index is 1.27. The number of hydrogen-bond donors (Lipinski definition) is 2. The lowest BCUT2D eigenvalue weighted by atomic mass is 10.2. The SMILES string of the molecule is COc1cc(/C=N/NC(=O)CNc2ccc3c(c2)OCO3)ccc1OCc1ccc(Br)cc1. The van der Waals surface area contributed by atoms with Gasteiger partial charge in [0.1, 0.15) is 6.61 Å². The third-order valence-electron chi connectivity index (χ3n) is 4.72. The van der Waals surface area contributed by atoms with Crippen LogP contribution in [0.25, 0.3) is 0 Å². The van der Waals surface area contributed by atoms with E-state index >= 15 is 0 Å². The molecule has 1 aliphatic rings. The Morgan fingerprint density at radius 3 is 2.70 bits per heavy atom. The van der Waals surface area contributed by atoms with Crippen molar-refractivity contribution < 1.29 is 23.7 Å². The van der Waals surface area contributed by atoms with E-state index in [0.717, 1.165) is 21.3 Å². The number of methoxy groups -OCH3 is 1. The van der Waals surface area contributed by atoms with Crippen LogP contribution in [0, 0.1) is 0 Å². The van der Waals surface area contributed by atoms with E-state index in [1.165, 1.54) is 0 Å². The van der Waals surface area contributed by atoms with Crippen LogP contribution in [0.2, 0.25) is 0 Å². The van der Waals surface area contributed by atoms with Crippen molar-refractivity contribution in [3.8, 4) is 23.0 Å². The molecule has 0 aromatic heterocycles. The second-order valence-electron chi connectivity index (χ2n) is 7.04. The van der Waals surface area contributed by atoms with Crippen LogP contribution in [-0.2, 0) is 11.4 Å². The van der Waals surface area contributed by atoms with Gasteiger partial charge < -0.3 is 24.3 Å². The number of amides is 1. The predicted octanol–water partition coefficient (Wildman–Crippen LogP) is 4.33. The number of hydrazone groups is 1. The third-order valence-corrected chi connectivity index (χ3v) is 5.25. The second-order valence-corrected chi connectivity index (χ2v) is 7.96. The molecule has 0 saturated carbocycles. The van der Waals surface area contributed by atoms with Gasteiger partial charge in [-0.2, -0.15) is 5.10 Å². The molecule has 1 aliphatic heterocycles. The maximum atomic E-state index is 12.1. The van der Waals surface area contributed by atoms with Crippen molar-refractivity contribution in [3.05, 3.63) is 76.3 Å². The van der Waals surface area contributed by atoms with Gasteiger partial charge in [0.15, 0.2) is 23.0 Å². The quantitative estimate of drug-likeness (QED) is 0.328. The van der Waals surface area contributed by atoms with Crippen LogP contribution in [0.3, 0.4) is 0 Å². The summed E-state index contributed by atoms with van der Waals surface area (Å²) in [6.07, 6.45) is 1.54. The van der Waals surface area contributed by atoms with Gasteiger partial charge in [-0.15, -0.1) is 0 Å². The highest BCUT2D eigenvalue weighted by Crippen LogP contribution is 2.34. The molecule has 8 nitrogen and oxygen atoms in total. The molecule has 0 atom stereocenters. The number of benzene rings is 3. The summed E-state index contributed by atoms with van der Waals surface area (Å²) in [7, 11) is 1.58. The van der Waals surface area contributed by atoms with Crippen molar-refractivity contribution in [3.63, 3.8) is 0 Å². The lowest BCUT2D eigenvalue weighted by Gasteiger charge is -2.11. The Bertz CT molecular complexity index is 1150. The van der Waals surface area contributed by atoms with Gasteiger partial charge >= 0.3 is 0 Å². The Labute approximate surface area is 199 Å². The highest BCUT2D eigenvalue weighted by atomic mass is 79.9. The van der Waals surface area contributed by atoms with Gasteiger partial charge in [-0.3, -0.25) is 4.79 Å². The average molecular weight is 512 g/mol. The molecule has 1 amide bonds. The van der Waals surface area contributed by atoms with Gasteiger partial charge in [-0.1, -0.05) is 28.1 Å². The molecule has 0 unspecified atom stereocenters. The summed E-state index contributed by atoms with van der Waals surface area (Å²) < 4.78 is 22.9. The number of anilines is 1. The van der Waals surface area contributed by atoms with Crippen LogP contribution in [0.4, 0.5) is 5.69 Å². The Kier molecular flexibility index (Phi) is 7.31. The fraction of sp³-hybridized carbons (Fsp3) is 0.167. The van der Waals surface area contributed by atoms with Gasteiger partial charge in [0.05, 0.1) is 19.9 Å². The molecule has 2 N–H and O–H groups in total. The molecule has 0 fully saturated rings. The lowest BCUT2D eigenvalue weighted by Crippen LogP contribution is -2.25. The summed E-state index contributed by atoms with van der Waals surface area (Å²) in [5, 5.41) is 7.03. The van der Waals surface area contributed by atoms with Crippen molar-refractivity contribution >= 4 is 33.7 Å². The summed E-state index contributed by atoms with van der Waals surface area (Å²) >= 11 is 3.42. The number of carbonyl (C=O) groups is 1. The van der Waals surface area contributed by atoms with E-state index < -0.39 is 0 Å². The smallest absolute Gasteiger partial charge is 0.259 e. The Hall–Kier alpha value is -3.72. The molecule has 0 bridgehead atoms. The van der Waals surface area contributed by atoms with Gasteiger partial charge in [0.25, 0.3) is 5.91 Å². The fourth-order valence-corrected chi connectivity index (χ4v) is 3.30. The van der Waals surface area contributed by atoms with E-state index in [-0.39, 0.29) is 19.2 Å². The van der Waals surface area contributed by atoms with E-state index in [1.807, 2.05) is 42.5 Å². The molecule has 1 heterocycles. The number of hydrogen-bond acceptors (Lipinski definition) is 7. The number of rotatable bonds is 9. The van der Waals surface area contributed by atoms with E-state index in [4.69, 9.17) is 18.9 Å². The van der Waals surface area contributed by atoms with Crippen LogP contribution in [0.15, 0.2) is 70.2 Å². The van der Waals surface area contributed by atoms with E-state index in [1.54, 1.807) is 31.5 Å². The van der Waals surface area contributed by atoms with Gasteiger partial charge in [0.2, 0.25) is 6.79 Å². The molecular weight excluding hydrogens is 490 g/mol. The number of nitrogens with one attached hydrogen (secondary N) is 2. The van der Waals surface area contributed by atoms with E-state index in [0.29, 0.717) is 29.6 Å². The molecule has 33 heavy (non-hydrogen) atoms.